The van der Waals surface area contributed by atoms with Gasteiger partial charge in [0.2, 0.25) is 0 Å². The topological polar surface area (TPSA) is 59.0 Å². The summed E-state index contributed by atoms with van der Waals surface area (Å²) >= 11 is 0. The van der Waals surface area contributed by atoms with Crippen molar-refractivity contribution in [2.75, 3.05) is 13.2 Å². The molecule has 2 unspecified atom stereocenters. The van der Waals surface area contributed by atoms with Gasteiger partial charge in [0.1, 0.15) is 6.61 Å². The Balaban J connectivity index is 1.62. The molecule has 0 aromatic heterocycles. The Morgan fingerprint density at radius 2 is 1.96 bits per heavy atom. The Bertz CT molecular complexity index is 534. The van der Waals surface area contributed by atoms with Crippen LogP contribution in [0.25, 0.3) is 0 Å². The van der Waals surface area contributed by atoms with E-state index in [2.05, 4.69) is 6.92 Å². The minimum absolute atomic E-state index is 0.0948. The number of unbranched alkanes of at least 4 members (excludes halogenated alkanes) is 1. The lowest BCUT2D eigenvalue weighted by Gasteiger charge is -2.51. The number of hydrogen-bond donors (Lipinski definition) is 1. The van der Waals surface area contributed by atoms with Gasteiger partial charge in [0, 0.05) is 0 Å². The quantitative estimate of drug-likeness (QED) is 0.899. The third-order valence-electron chi connectivity index (χ3n) is 5.05. The van der Waals surface area contributed by atoms with E-state index in [9.17, 15) is 9.90 Å². The van der Waals surface area contributed by atoms with Crippen molar-refractivity contribution in [1.82, 2.24) is 4.90 Å². The second-order valence-corrected chi connectivity index (χ2v) is 7.03. The van der Waals surface area contributed by atoms with Gasteiger partial charge in [0.05, 0.1) is 30.9 Å². The average molecular weight is 333 g/mol. The molecule has 2 saturated heterocycles. The van der Waals surface area contributed by atoms with Crippen LogP contribution in [0.2, 0.25) is 0 Å². The van der Waals surface area contributed by atoms with Crippen LogP contribution in [0, 0.1) is 0 Å². The molecule has 1 N–H and O–H groups in total. The van der Waals surface area contributed by atoms with Gasteiger partial charge < -0.3 is 14.6 Å². The first-order valence-electron chi connectivity index (χ1n) is 8.90. The molecule has 0 spiro atoms. The highest BCUT2D eigenvalue weighted by atomic mass is 16.6. The van der Waals surface area contributed by atoms with E-state index in [0.717, 1.165) is 24.8 Å². The Labute approximate surface area is 143 Å². The molecule has 132 valence electrons. The zero-order valence-corrected chi connectivity index (χ0v) is 14.3. The van der Waals surface area contributed by atoms with Crippen molar-refractivity contribution < 1.29 is 19.4 Å². The van der Waals surface area contributed by atoms with E-state index in [1.165, 1.54) is 0 Å². The Kier molecular flexibility index (Phi) is 5.41. The molecule has 2 aliphatic rings. The van der Waals surface area contributed by atoms with E-state index in [1.54, 1.807) is 4.90 Å². The Morgan fingerprint density at radius 3 is 2.58 bits per heavy atom. The fourth-order valence-electron chi connectivity index (χ4n) is 3.88. The van der Waals surface area contributed by atoms with Crippen LogP contribution >= 0.6 is 0 Å². The number of carbonyl (C=O) groups excluding carboxylic acids is 1. The molecule has 2 aliphatic heterocycles. The number of aliphatic hydroxyl groups is 1. The van der Waals surface area contributed by atoms with Gasteiger partial charge in [0.15, 0.2) is 0 Å². The van der Waals surface area contributed by atoms with E-state index in [-0.39, 0.29) is 24.8 Å². The Morgan fingerprint density at radius 1 is 1.29 bits per heavy atom. The SMILES string of the molecule is CCCCC1(O)CC2COCC(C1)N2C(=O)OCc1ccccc1. The second kappa shape index (κ2) is 7.53. The summed E-state index contributed by atoms with van der Waals surface area (Å²) < 4.78 is 11.1. The van der Waals surface area contributed by atoms with Crippen LogP contribution < -0.4 is 0 Å². The van der Waals surface area contributed by atoms with Crippen LogP contribution in [-0.4, -0.2) is 47.0 Å². The van der Waals surface area contributed by atoms with E-state index in [4.69, 9.17) is 9.47 Å². The van der Waals surface area contributed by atoms with E-state index in [0.29, 0.717) is 26.1 Å². The summed E-state index contributed by atoms with van der Waals surface area (Å²) in [7, 11) is 0. The van der Waals surface area contributed by atoms with E-state index >= 15 is 0 Å². The molecule has 5 nitrogen and oxygen atoms in total. The second-order valence-electron chi connectivity index (χ2n) is 7.03. The molecule has 2 atom stereocenters. The number of benzene rings is 1. The predicted octanol–water partition coefficient (Wildman–Crippen LogP) is 3.11. The number of nitrogens with zero attached hydrogens (tertiary/aromatic N) is 1. The molecule has 0 aliphatic carbocycles. The van der Waals surface area contributed by atoms with Crippen molar-refractivity contribution in [1.29, 1.82) is 0 Å². The number of fused-ring (bicyclic) bond motifs is 2. The molecule has 2 fully saturated rings. The number of ether oxygens (including phenoxy) is 2. The van der Waals surface area contributed by atoms with Crippen LogP contribution in [-0.2, 0) is 16.1 Å². The summed E-state index contributed by atoms with van der Waals surface area (Å²) in [5.41, 5.74) is 0.300. The average Bonchev–Trinajstić information content (AvgIpc) is 2.58. The highest BCUT2D eigenvalue weighted by molar-refractivity contribution is 5.69. The highest BCUT2D eigenvalue weighted by Gasteiger charge is 2.48. The number of piperidine rings is 1. The Hall–Kier alpha value is -1.59. The predicted molar refractivity (Wildman–Crippen MR) is 90.6 cm³/mol. The molecule has 2 bridgehead atoms. The molecular weight excluding hydrogens is 306 g/mol. The fraction of sp³-hybridized carbons (Fsp3) is 0.632. The summed E-state index contributed by atoms with van der Waals surface area (Å²) in [5.74, 6) is 0. The fourth-order valence-corrected chi connectivity index (χ4v) is 3.88. The molecule has 1 amide bonds. The maximum absolute atomic E-state index is 12.6. The zero-order chi connectivity index (χ0) is 17.0. The van der Waals surface area contributed by atoms with Gasteiger partial charge in [-0.2, -0.15) is 0 Å². The first-order valence-corrected chi connectivity index (χ1v) is 8.90. The maximum atomic E-state index is 12.6. The lowest BCUT2D eigenvalue weighted by molar-refractivity contribution is -0.136. The van der Waals surface area contributed by atoms with Gasteiger partial charge >= 0.3 is 6.09 Å². The van der Waals surface area contributed by atoms with Gasteiger partial charge in [0.25, 0.3) is 0 Å². The molecule has 5 heteroatoms. The van der Waals surface area contributed by atoms with E-state index < -0.39 is 5.60 Å². The molecule has 0 radical (unpaired) electrons. The number of carbonyl (C=O) groups is 1. The van der Waals surface area contributed by atoms with Crippen molar-refractivity contribution in [3.8, 4) is 0 Å². The number of amides is 1. The monoisotopic (exact) mass is 333 g/mol. The molecule has 0 saturated carbocycles. The summed E-state index contributed by atoms with van der Waals surface area (Å²) in [6, 6.07) is 9.49. The van der Waals surface area contributed by atoms with Crippen LogP contribution in [0.1, 0.15) is 44.6 Å². The lowest BCUT2D eigenvalue weighted by atomic mass is 9.78. The van der Waals surface area contributed by atoms with Gasteiger partial charge in [-0.15, -0.1) is 0 Å². The van der Waals surface area contributed by atoms with Gasteiger partial charge in [-0.3, -0.25) is 4.90 Å². The normalized spacial score (nSPS) is 29.3. The van der Waals surface area contributed by atoms with E-state index in [1.807, 2.05) is 30.3 Å². The van der Waals surface area contributed by atoms with Crippen molar-refractivity contribution in [3.05, 3.63) is 35.9 Å². The van der Waals surface area contributed by atoms with Crippen molar-refractivity contribution in [3.63, 3.8) is 0 Å². The number of morpholine rings is 1. The molecule has 2 heterocycles. The highest BCUT2D eigenvalue weighted by Crippen LogP contribution is 2.37. The summed E-state index contributed by atoms with van der Waals surface area (Å²) in [6.07, 6.45) is 3.72. The summed E-state index contributed by atoms with van der Waals surface area (Å²) in [5, 5.41) is 10.9. The third kappa shape index (κ3) is 3.90. The van der Waals surface area contributed by atoms with Crippen LogP contribution in [0.15, 0.2) is 30.3 Å². The van der Waals surface area contributed by atoms with Gasteiger partial charge in [-0.25, -0.2) is 4.79 Å². The van der Waals surface area contributed by atoms with Crippen molar-refractivity contribution in [2.24, 2.45) is 0 Å². The first kappa shape index (κ1) is 17.2. The first-order chi connectivity index (χ1) is 11.6. The minimum atomic E-state index is -0.675. The van der Waals surface area contributed by atoms with Gasteiger partial charge in [-0.1, -0.05) is 50.1 Å². The van der Waals surface area contributed by atoms with Crippen LogP contribution in [0.5, 0.6) is 0 Å². The molecule has 1 aromatic rings. The van der Waals surface area contributed by atoms with Crippen molar-refractivity contribution >= 4 is 6.09 Å². The van der Waals surface area contributed by atoms with Gasteiger partial charge in [-0.05, 0) is 24.8 Å². The summed E-state index contributed by atoms with van der Waals surface area (Å²) in [6.45, 7) is 3.36. The molecule has 24 heavy (non-hydrogen) atoms. The standard InChI is InChI=1S/C19H27NO4/c1-2-3-9-19(22)10-16-13-23-14-17(11-19)20(16)18(21)24-12-15-7-5-4-6-8-15/h4-8,16-17,22H,2-3,9-14H2,1H3. The smallest absolute Gasteiger partial charge is 0.410 e. The molecule has 3 rings (SSSR count). The molecule has 1 aromatic carbocycles. The zero-order valence-electron chi connectivity index (χ0n) is 14.3. The number of rotatable bonds is 5. The summed E-state index contributed by atoms with van der Waals surface area (Å²) in [4.78, 5) is 14.4. The lowest BCUT2D eigenvalue weighted by Crippen LogP contribution is -2.63. The largest absolute Gasteiger partial charge is 0.445 e. The van der Waals surface area contributed by atoms with Crippen LogP contribution in [0.3, 0.4) is 0 Å². The molecular formula is C19H27NO4. The number of hydrogen-bond acceptors (Lipinski definition) is 4. The maximum Gasteiger partial charge on any atom is 0.410 e. The van der Waals surface area contributed by atoms with Crippen molar-refractivity contribution in [2.45, 2.75) is 63.3 Å². The minimum Gasteiger partial charge on any atom is -0.445 e. The third-order valence-corrected chi connectivity index (χ3v) is 5.05. The van der Waals surface area contributed by atoms with Crippen LogP contribution in [0.4, 0.5) is 4.79 Å².